The molecular weight excluding hydrogens is 423 g/mol. The highest BCUT2D eigenvalue weighted by Crippen LogP contribution is 2.42. The minimum atomic E-state index is -4.50. The van der Waals surface area contributed by atoms with E-state index in [0.717, 1.165) is 33.3 Å². The summed E-state index contributed by atoms with van der Waals surface area (Å²) < 4.78 is 40.3. The number of primary amides is 1. The number of benzene rings is 3. The molecule has 1 aromatic heterocycles. The Kier molecular flexibility index (Phi) is 5.11. The molecule has 0 aliphatic heterocycles. The molecule has 3 nitrogen and oxygen atoms in total. The molecule has 0 aliphatic rings. The number of aliphatic hydroxyl groups is 1. The fourth-order valence-corrected chi connectivity index (χ4v) is 4.77. The van der Waals surface area contributed by atoms with Gasteiger partial charge in [-0.25, -0.2) is 0 Å². The van der Waals surface area contributed by atoms with Crippen LogP contribution in [0.2, 0.25) is 0 Å². The molecule has 158 valence electrons. The molecule has 0 spiro atoms. The van der Waals surface area contributed by atoms with Gasteiger partial charge in [0.2, 0.25) is 5.91 Å². The van der Waals surface area contributed by atoms with Crippen molar-refractivity contribution in [3.8, 4) is 11.1 Å². The normalized spacial score (nSPS) is 13.8. The van der Waals surface area contributed by atoms with Crippen LogP contribution in [0.5, 0.6) is 0 Å². The molecule has 1 unspecified atom stereocenters. The Labute approximate surface area is 180 Å². The molecule has 31 heavy (non-hydrogen) atoms. The molecule has 0 saturated carbocycles. The maximum Gasteiger partial charge on any atom is 0.416 e. The molecule has 1 atom stereocenters. The second kappa shape index (κ2) is 7.51. The molecule has 0 saturated heterocycles. The lowest BCUT2D eigenvalue weighted by Crippen LogP contribution is -2.22. The molecule has 0 fully saturated rings. The van der Waals surface area contributed by atoms with Crippen LogP contribution in [0.25, 0.3) is 21.2 Å². The molecule has 1 amide bonds. The monoisotopic (exact) mass is 441 g/mol. The molecule has 1 heterocycles. The fourth-order valence-electron chi connectivity index (χ4n) is 3.51. The van der Waals surface area contributed by atoms with E-state index in [9.17, 15) is 23.1 Å². The van der Waals surface area contributed by atoms with Gasteiger partial charge in [0.05, 0.1) is 5.56 Å². The Morgan fingerprint density at radius 3 is 2.32 bits per heavy atom. The van der Waals surface area contributed by atoms with Crippen molar-refractivity contribution in [2.45, 2.75) is 18.7 Å². The molecular formula is C24H18F3NO2S. The predicted molar refractivity (Wildman–Crippen MR) is 116 cm³/mol. The lowest BCUT2D eigenvalue weighted by Gasteiger charge is -2.23. The van der Waals surface area contributed by atoms with Gasteiger partial charge in [-0.15, -0.1) is 11.3 Å². The van der Waals surface area contributed by atoms with E-state index in [2.05, 4.69) is 0 Å². The Morgan fingerprint density at radius 2 is 1.61 bits per heavy atom. The van der Waals surface area contributed by atoms with Crippen molar-refractivity contribution in [1.29, 1.82) is 0 Å². The highest BCUT2D eigenvalue weighted by molar-refractivity contribution is 7.19. The zero-order chi connectivity index (χ0) is 22.4. The second-order valence-corrected chi connectivity index (χ2v) is 8.48. The van der Waals surface area contributed by atoms with Gasteiger partial charge in [0.1, 0.15) is 5.60 Å². The molecule has 4 aromatic rings. The van der Waals surface area contributed by atoms with E-state index in [1.807, 2.05) is 24.3 Å². The van der Waals surface area contributed by atoms with Crippen molar-refractivity contribution < 1.29 is 23.1 Å². The van der Waals surface area contributed by atoms with Crippen LogP contribution in [-0.4, -0.2) is 11.0 Å². The number of carbonyl (C=O) groups excluding carboxylic acids is 1. The fraction of sp³-hybridized carbons (Fsp3) is 0.125. The van der Waals surface area contributed by atoms with E-state index in [-0.39, 0.29) is 5.56 Å². The van der Waals surface area contributed by atoms with Crippen molar-refractivity contribution in [2.75, 3.05) is 0 Å². The number of rotatable bonds is 4. The number of hydrogen-bond acceptors (Lipinski definition) is 3. The third-order valence-electron chi connectivity index (χ3n) is 5.23. The van der Waals surface area contributed by atoms with Gasteiger partial charge in [-0.05, 0) is 59.3 Å². The third-order valence-corrected chi connectivity index (χ3v) is 6.63. The SMILES string of the molecule is CC(O)(c1cccc(C(F)(F)F)c1)c1cc2cccc(-c3cccc(C(N)=O)c3)c2s1. The van der Waals surface area contributed by atoms with Gasteiger partial charge in [0.25, 0.3) is 0 Å². The summed E-state index contributed by atoms with van der Waals surface area (Å²) in [5, 5.41) is 12.1. The third kappa shape index (κ3) is 3.94. The number of thiophene rings is 1. The van der Waals surface area contributed by atoms with Gasteiger partial charge in [-0.2, -0.15) is 13.2 Å². The minimum Gasteiger partial charge on any atom is -0.380 e. The summed E-state index contributed by atoms with van der Waals surface area (Å²) in [6, 6.07) is 19.0. The maximum atomic E-state index is 13.1. The summed E-state index contributed by atoms with van der Waals surface area (Å²) >= 11 is 1.30. The van der Waals surface area contributed by atoms with E-state index >= 15 is 0 Å². The van der Waals surface area contributed by atoms with E-state index in [0.29, 0.717) is 10.4 Å². The summed E-state index contributed by atoms with van der Waals surface area (Å²) in [7, 11) is 0. The molecule has 0 bridgehead atoms. The second-order valence-electron chi connectivity index (χ2n) is 7.43. The van der Waals surface area contributed by atoms with Crippen LogP contribution in [0.1, 0.15) is 33.3 Å². The number of carbonyl (C=O) groups is 1. The van der Waals surface area contributed by atoms with E-state index in [4.69, 9.17) is 5.73 Å². The number of fused-ring (bicyclic) bond motifs is 1. The summed E-state index contributed by atoms with van der Waals surface area (Å²) in [6.07, 6.45) is -4.50. The van der Waals surface area contributed by atoms with Gasteiger partial charge >= 0.3 is 6.18 Å². The summed E-state index contributed by atoms with van der Waals surface area (Å²) in [6.45, 7) is 1.49. The summed E-state index contributed by atoms with van der Waals surface area (Å²) in [4.78, 5) is 12.1. The Morgan fingerprint density at radius 1 is 0.935 bits per heavy atom. The van der Waals surface area contributed by atoms with Gasteiger partial charge in [-0.1, -0.05) is 42.5 Å². The highest BCUT2D eigenvalue weighted by atomic mass is 32.1. The number of alkyl halides is 3. The zero-order valence-electron chi connectivity index (χ0n) is 16.4. The highest BCUT2D eigenvalue weighted by Gasteiger charge is 2.34. The lowest BCUT2D eigenvalue weighted by molar-refractivity contribution is -0.137. The number of amides is 1. The Balaban J connectivity index is 1.83. The van der Waals surface area contributed by atoms with Crippen LogP contribution in [0.3, 0.4) is 0 Å². The van der Waals surface area contributed by atoms with Crippen LogP contribution in [0.4, 0.5) is 13.2 Å². The lowest BCUT2D eigenvalue weighted by atomic mass is 9.92. The van der Waals surface area contributed by atoms with Gasteiger partial charge in [0, 0.05) is 15.1 Å². The first-order valence-electron chi connectivity index (χ1n) is 9.41. The average Bonchev–Trinajstić information content (AvgIpc) is 3.18. The zero-order valence-corrected chi connectivity index (χ0v) is 17.2. The average molecular weight is 441 g/mol. The molecule has 3 aromatic carbocycles. The maximum absolute atomic E-state index is 13.1. The molecule has 7 heteroatoms. The summed E-state index contributed by atoms with van der Waals surface area (Å²) in [5.74, 6) is -0.534. The van der Waals surface area contributed by atoms with Crippen molar-refractivity contribution in [3.05, 3.63) is 94.4 Å². The summed E-state index contributed by atoms with van der Waals surface area (Å²) in [5.41, 5.74) is 5.13. The number of hydrogen-bond donors (Lipinski definition) is 2. The Bertz CT molecular complexity index is 1290. The quantitative estimate of drug-likeness (QED) is 0.412. The van der Waals surface area contributed by atoms with Crippen molar-refractivity contribution in [1.82, 2.24) is 0 Å². The molecule has 4 rings (SSSR count). The molecule has 3 N–H and O–H groups in total. The van der Waals surface area contributed by atoms with Crippen LogP contribution in [-0.2, 0) is 11.8 Å². The largest absolute Gasteiger partial charge is 0.416 e. The smallest absolute Gasteiger partial charge is 0.380 e. The van der Waals surface area contributed by atoms with E-state index in [1.165, 1.54) is 30.4 Å². The number of halogens is 3. The van der Waals surface area contributed by atoms with Gasteiger partial charge in [0.15, 0.2) is 0 Å². The first-order chi connectivity index (χ1) is 14.6. The first-order valence-corrected chi connectivity index (χ1v) is 10.2. The topological polar surface area (TPSA) is 63.3 Å². The predicted octanol–water partition coefficient (Wildman–Crippen LogP) is 5.94. The van der Waals surface area contributed by atoms with Crippen LogP contribution >= 0.6 is 11.3 Å². The van der Waals surface area contributed by atoms with E-state index in [1.54, 1.807) is 24.3 Å². The minimum absolute atomic E-state index is 0.158. The standard InChI is InChI=1S/C24H18F3NO2S/c1-23(30,17-8-4-9-18(13-17)24(25,26)27)20-12-15-6-3-10-19(21(15)31-20)14-5-2-7-16(11-14)22(28)29/h2-13,30H,1H3,(H2,28,29). The molecule has 0 aliphatic carbocycles. The van der Waals surface area contributed by atoms with Gasteiger partial charge < -0.3 is 10.8 Å². The van der Waals surface area contributed by atoms with Gasteiger partial charge in [-0.3, -0.25) is 4.79 Å². The van der Waals surface area contributed by atoms with Crippen molar-refractivity contribution in [2.24, 2.45) is 5.73 Å². The number of nitrogens with two attached hydrogens (primary N) is 1. The van der Waals surface area contributed by atoms with Crippen LogP contribution < -0.4 is 5.73 Å². The Hall–Kier alpha value is -3.16. The molecule has 0 radical (unpaired) electrons. The van der Waals surface area contributed by atoms with Crippen LogP contribution in [0.15, 0.2) is 72.8 Å². The first kappa shape index (κ1) is 21.1. The van der Waals surface area contributed by atoms with Crippen molar-refractivity contribution in [3.63, 3.8) is 0 Å². The van der Waals surface area contributed by atoms with Crippen molar-refractivity contribution >= 4 is 27.3 Å². The van der Waals surface area contributed by atoms with E-state index < -0.39 is 23.2 Å². The van der Waals surface area contributed by atoms with Crippen LogP contribution in [0, 0.1) is 0 Å².